The molecule has 1 atom stereocenters. The fourth-order valence-electron chi connectivity index (χ4n) is 4.01. The van der Waals surface area contributed by atoms with Gasteiger partial charge in [0.1, 0.15) is 0 Å². The van der Waals surface area contributed by atoms with Crippen LogP contribution >= 0.6 is 11.6 Å². The maximum absolute atomic E-state index is 6.31. The number of fused-ring (bicyclic) bond motifs is 2. The standard InChI is InChI=1S/C15H20ClN5/c1-10-13(16)12(19-18-10)8-21-6-2-4-15(9-21)5-3-11-7-17-20-14(11)15/h7H,2-6,8-9H2,1H3,(H,17,20)(H,18,19). The Morgan fingerprint density at radius 3 is 3.10 bits per heavy atom. The maximum Gasteiger partial charge on any atom is 0.0951 e. The molecule has 2 aromatic heterocycles. The van der Waals surface area contributed by atoms with Gasteiger partial charge >= 0.3 is 0 Å². The molecule has 0 amide bonds. The highest BCUT2D eigenvalue weighted by Crippen LogP contribution is 2.44. The molecule has 4 rings (SSSR count). The lowest BCUT2D eigenvalue weighted by Gasteiger charge is -2.40. The number of nitrogens with zero attached hydrogens (tertiary/aromatic N) is 3. The Kier molecular flexibility index (Phi) is 3.08. The van der Waals surface area contributed by atoms with Crippen LogP contribution in [0.3, 0.4) is 0 Å². The molecule has 2 N–H and O–H groups in total. The normalized spacial score (nSPS) is 25.6. The second kappa shape index (κ2) is 4.85. The molecular formula is C15H20ClN5. The van der Waals surface area contributed by atoms with E-state index < -0.39 is 0 Å². The van der Waals surface area contributed by atoms with Crippen molar-refractivity contribution in [3.63, 3.8) is 0 Å². The summed E-state index contributed by atoms with van der Waals surface area (Å²) >= 11 is 6.31. The van der Waals surface area contributed by atoms with Crippen molar-refractivity contribution in [1.29, 1.82) is 0 Å². The van der Waals surface area contributed by atoms with Gasteiger partial charge in [0.2, 0.25) is 0 Å². The predicted molar refractivity (Wildman–Crippen MR) is 81.4 cm³/mol. The molecule has 0 bridgehead atoms. The first-order valence-electron chi connectivity index (χ1n) is 7.62. The summed E-state index contributed by atoms with van der Waals surface area (Å²) in [5.41, 5.74) is 4.97. The number of hydrogen-bond donors (Lipinski definition) is 2. The Hall–Kier alpha value is -1.33. The monoisotopic (exact) mass is 305 g/mol. The summed E-state index contributed by atoms with van der Waals surface area (Å²) in [6, 6.07) is 0. The van der Waals surface area contributed by atoms with Crippen molar-refractivity contribution in [3.8, 4) is 0 Å². The van der Waals surface area contributed by atoms with Gasteiger partial charge in [-0.3, -0.25) is 15.1 Å². The van der Waals surface area contributed by atoms with E-state index in [4.69, 9.17) is 11.6 Å². The van der Waals surface area contributed by atoms with Gasteiger partial charge in [0.05, 0.1) is 22.6 Å². The van der Waals surface area contributed by atoms with Crippen LogP contribution in [0.2, 0.25) is 5.02 Å². The fourth-order valence-corrected chi connectivity index (χ4v) is 4.16. The Bertz CT molecular complexity index is 661. The Morgan fingerprint density at radius 2 is 2.29 bits per heavy atom. The minimum atomic E-state index is 0.266. The Balaban J connectivity index is 1.55. The van der Waals surface area contributed by atoms with Crippen LogP contribution in [0.15, 0.2) is 6.20 Å². The number of piperidine rings is 1. The summed E-state index contributed by atoms with van der Waals surface area (Å²) in [5, 5.41) is 15.6. The number of halogens is 1. The van der Waals surface area contributed by atoms with Crippen LogP contribution in [0.1, 0.15) is 41.9 Å². The van der Waals surface area contributed by atoms with Gasteiger partial charge in [0, 0.05) is 24.2 Å². The number of rotatable bonds is 2. The molecule has 0 saturated carbocycles. The van der Waals surface area contributed by atoms with Crippen LogP contribution < -0.4 is 0 Å². The van der Waals surface area contributed by atoms with Gasteiger partial charge in [-0.25, -0.2) is 0 Å². The van der Waals surface area contributed by atoms with Gasteiger partial charge in [-0.15, -0.1) is 0 Å². The van der Waals surface area contributed by atoms with Crippen LogP contribution in [0.25, 0.3) is 0 Å². The van der Waals surface area contributed by atoms with Crippen LogP contribution in [0.5, 0.6) is 0 Å². The molecule has 2 aromatic rings. The molecule has 0 radical (unpaired) electrons. The van der Waals surface area contributed by atoms with E-state index in [-0.39, 0.29) is 5.41 Å². The van der Waals surface area contributed by atoms with E-state index in [9.17, 15) is 0 Å². The highest BCUT2D eigenvalue weighted by Gasteiger charge is 2.43. The second-order valence-corrected chi connectivity index (χ2v) is 6.85. The minimum Gasteiger partial charge on any atom is -0.296 e. The Labute approximate surface area is 129 Å². The number of aromatic amines is 2. The van der Waals surface area contributed by atoms with Crippen molar-refractivity contribution in [2.24, 2.45) is 0 Å². The topological polar surface area (TPSA) is 60.6 Å². The maximum atomic E-state index is 6.31. The van der Waals surface area contributed by atoms with Crippen molar-refractivity contribution < 1.29 is 0 Å². The molecule has 1 saturated heterocycles. The van der Waals surface area contributed by atoms with E-state index in [1.54, 1.807) is 0 Å². The number of aromatic nitrogens is 4. The number of nitrogens with one attached hydrogen (secondary N) is 2. The third-order valence-electron chi connectivity index (χ3n) is 5.09. The lowest BCUT2D eigenvalue weighted by molar-refractivity contribution is 0.135. The molecule has 3 heterocycles. The first-order chi connectivity index (χ1) is 10.2. The van der Waals surface area contributed by atoms with E-state index in [0.29, 0.717) is 0 Å². The summed E-state index contributed by atoms with van der Waals surface area (Å²) in [4.78, 5) is 2.49. The molecule has 1 aliphatic heterocycles. The molecule has 1 unspecified atom stereocenters. The molecule has 6 heteroatoms. The number of likely N-dealkylation sites (tertiary alicyclic amines) is 1. The van der Waals surface area contributed by atoms with Crippen molar-refractivity contribution >= 4 is 11.6 Å². The summed E-state index contributed by atoms with van der Waals surface area (Å²) in [5.74, 6) is 0. The first kappa shape index (κ1) is 13.3. The van der Waals surface area contributed by atoms with E-state index in [1.807, 2.05) is 13.1 Å². The molecule has 1 fully saturated rings. The van der Waals surface area contributed by atoms with Crippen molar-refractivity contribution in [2.45, 2.75) is 44.6 Å². The van der Waals surface area contributed by atoms with E-state index in [1.165, 1.54) is 30.5 Å². The number of hydrogen-bond acceptors (Lipinski definition) is 3. The second-order valence-electron chi connectivity index (χ2n) is 6.47. The van der Waals surface area contributed by atoms with Gasteiger partial charge < -0.3 is 0 Å². The molecule has 5 nitrogen and oxygen atoms in total. The van der Waals surface area contributed by atoms with E-state index >= 15 is 0 Å². The third-order valence-corrected chi connectivity index (χ3v) is 5.59. The SMILES string of the molecule is Cc1[nH]nc(CN2CCCC3(CCc4cn[nH]c43)C2)c1Cl. The third kappa shape index (κ3) is 2.10. The molecule has 1 aliphatic carbocycles. The smallest absolute Gasteiger partial charge is 0.0951 e. The van der Waals surface area contributed by atoms with E-state index in [0.717, 1.165) is 42.5 Å². The molecule has 21 heavy (non-hydrogen) atoms. The molecule has 112 valence electrons. The average molecular weight is 306 g/mol. The average Bonchev–Trinajstić information content (AvgIpc) is 3.15. The summed E-state index contributed by atoms with van der Waals surface area (Å²) in [7, 11) is 0. The lowest BCUT2D eigenvalue weighted by atomic mass is 9.77. The van der Waals surface area contributed by atoms with Gasteiger partial charge in [-0.2, -0.15) is 10.2 Å². The highest BCUT2D eigenvalue weighted by molar-refractivity contribution is 6.31. The van der Waals surface area contributed by atoms with Crippen LogP contribution in [-0.2, 0) is 18.4 Å². The van der Waals surface area contributed by atoms with Crippen LogP contribution in [0.4, 0.5) is 0 Å². The molecular weight excluding hydrogens is 286 g/mol. The Morgan fingerprint density at radius 1 is 1.38 bits per heavy atom. The molecule has 1 spiro atoms. The summed E-state index contributed by atoms with van der Waals surface area (Å²) < 4.78 is 0. The molecule has 0 aromatic carbocycles. The summed E-state index contributed by atoms with van der Waals surface area (Å²) in [6.45, 7) is 4.98. The zero-order chi connectivity index (χ0) is 14.4. The van der Waals surface area contributed by atoms with Gasteiger partial charge in [-0.05, 0) is 44.7 Å². The quantitative estimate of drug-likeness (QED) is 0.896. The van der Waals surface area contributed by atoms with Gasteiger partial charge in [0.15, 0.2) is 0 Å². The van der Waals surface area contributed by atoms with Crippen LogP contribution in [-0.4, -0.2) is 38.4 Å². The van der Waals surface area contributed by atoms with Crippen molar-refractivity contribution in [2.75, 3.05) is 13.1 Å². The number of H-pyrrole nitrogens is 2. The van der Waals surface area contributed by atoms with Gasteiger partial charge in [0.25, 0.3) is 0 Å². The number of aryl methyl sites for hydroxylation is 2. The van der Waals surface area contributed by atoms with E-state index in [2.05, 4.69) is 25.3 Å². The zero-order valence-electron chi connectivity index (χ0n) is 12.2. The zero-order valence-corrected chi connectivity index (χ0v) is 13.0. The van der Waals surface area contributed by atoms with Crippen LogP contribution in [0, 0.1) is 6.92 Å². The largest absolute Gasteiger partial charge is 0.296 e. The van der Waals surface area contributed by atoms with Crippen molar-refractivity contribution in [3.05, 3.63) is 33.9 Å². The predicted octanol–water partition coefficient (Wildman–Crippen LogP) is 2.57. The molecule has 2 aliphatic rings. The summed E-state index contributed by atoms with van der Waals surface area (Å²) in [6.07, 6.45) is 6.87. The highest BCUT2D eigenvalue weighted by atomic mass is 35.5. The fraction of sp³-hybridized carbons (Fsp3) is 0.600. The van der Waals surface area contributed by atoms with Crippen molar-refractivity contribution in [1.82, 2.24) is 25.3 Å². The first-order valence-corrected chi connectivity index (χ1v) is 8.00. The minimum absolute atomic E-state index is 0.266. The van der Waals surface area contributed by atoms with Gasteiger partial charge in [-0.1, -0.05) is 11.6 Å². The lowest BCUT2D eigenvalue weighted by Crippen LogP contribution is -2.44.